The average molecular weight is 194 g/mol. The molecule has 14 heavy (non-hydrogen) atoms. The van der Waals surface area contributed by atoms with Gasteiger partial charge in [-0.25, -0.2) is 0 Å². The molecule has 0 aromatic heterocycles. The zero-order chi connectivity index (χ0) is 9.71. The van der Waals surface area contributed by atoms with Gasteiger partial charge in [0.2, 0.25) is 0 Å². The largest absolute Gasteiger partial charge is 0.381 e. The summed E-state index contributed by atoms with van der Waals surface area (Å²) in [7, 11) is 1.88. The first-order valence-electron chi connectivity index (χ1n) is 6.30. The Kier molecular flexibility index (Phi) is 2.12. The summed E-state index contributed by atoms with van der Waals surface area (Å²) in [4.78, 5) is 0. The summed E-state index contributed by atoms with van der Waals surface area (Å²) in [6.07, 6.45) is 8.14. The Morgan fingerprint density at radius 2 is 1.43 bits per heavy atom. The number of hydrogen-bond donors (Lipinski definition) is 0. The Balaban J connectivity index is 1.81. The molecule has 4 saturated carbocycles. The normalized spacial score (nSPS) is 52.3. The molecular weight excluding hydrogens is 172 g/mol. The van der Waals surface area contributed by atoms with Crippen LogP contribution in [-0.2, 0) is 4.74 Å². The summed E-state index contributed by atoms with van der Waals surface area (Å²) >= 11 is 0. The summed E-state index contributed by atoms with van der Waals surface area (Å²) in [6.45, 7) is 2.28. The molecule has 4 rings (SSSR count). The van der Waals surface area contributed by atoms with Crippen LogP contribution in [-0.4, -0.2) is 13.2 Å². The quantitative estimate of drug-likeness (QED) is 0.656. The van der Waals surface area contributed by atoms with Gasteiger partial charge in [-0.1, -0.05) is 0 Å². The van der Waals surface area contributed by atoms with Crippen molar-refractivity contribution < 1.29 is 4.74 Å². The third-order valence-electron chi connectivity index (χ3n) is 5.21. The van der Waals surface area contributed by atoms with Crippen LogP contribution in [0.2, 0.25) is 0 Å². The average Bonchev–Trinajstić information content (AvgIpc) is 2.15. The van der Waals surface area contributed by atoms with Crippen LogP contribution in [0, 0.1) is 29.6 Å². The van der Waals surface area contributed by atoms with Crippen molar-refractivity contribution in [1.29, 1.82) is 0 Å². The molecule has 0 saturated heterocycles. The van der Waals surface area contributed by atoms with E-state index in [1.807, 2.05) is 7.11 Å². The molecule has 0 aromatic carbocycles. The minimum absolute atomic E-state index is 0.505. The molecule has 1 heteroatoms. The third kappa shape index (κ3) is 1.25. The minimum Gasteiger partial charge on any atom is -0.381 e. The van der Waals surface area contributed by atoms with Crippen molar-refractivity contribution in [3.05, 3.63) is 0 Å². The van der Waals surface area contributed by atoms with E-state index in [9.17, 15) is 0 Å². The Labute approximate surface area is 87.2 Å². The van der Waals surface area contributed by atoms with Crippen molar-refractivity contribution in [3.8, 4) is 0 Å². The molecule has 0 heterocycles. The Morgan fingerprint density at radius 1 is 0.929 bits per heavy atom. The van der Waals surface area contributed by atoms with Gasteiger partial charge >= 0.3 is 0 Å². The monoisotopic (exact) mass is 194 g/mol. The second kappa shape index (κ2) is 3.23. The van der Waals surface area contributed by atoms with Crippen LogP contribution in [0.3, 0.4) is 0 Å². The topological polar surface area (TPSA) is 9.23 Å². The van der Waals surface area contributed by atoms with Gasteiger partial charge in [-0.05, 0) is 68.6 Å². The first kappa shape index (κ1) is 9.21. The molecule has 0 aliphatic heterocycles. The summed E-state index contributed by atoms with van der Waals surface area (Å²) < 4.78 is 5.58. The lowest BCUT2D eigenvalue weighted by atomic mass is 9.51. The second-order valence-electron chi connectivity index (χ2n) is 5.95. The first-order valence-corrected chi connectivity index (χ1v) is 6.30. The molecule has 4 aliphatic carbocycles. The molecule has 4 bridgehead atoms. The van der Waals surface area contributed by atoms with Gasteiger partial charge in [-0.3, -0.25) is 0 Å². The van der Waals surface area contributed by atoms with Crippen molar-refractivity contribution >= 4 is 0 Å². The van der Waals surface area contributed by atoms with E-state index in [0.717, 1.165) is 29.6 Å². The lowest BCUT2D eigenvalue weighted by molar-refractivity contribution is -0.0947. The lowest BCUT2D eigenvalue weighted by Crippen LogP contribution is -2.49. The summed E-state index contributed by atoms with van der Waals surface area (Å²) in [5.41, 5.74) is 0. The number of hydrogen-bond acceptors (Lipinski definition) is 1. The van der Waals surface area contributed by atoms with Crippen LogP contribution < -0.4 is 0 Å². The van der Waals surface area contributed by atoms with Crippen molar-refractivity contribution in [1.82, 2.24) is 0 Å². The predicted octanol–water partition coefficient (Wildman–Crippen LogP) is 3.09. The SMILES string of the molecule is COC(C)C1C2CC3CC(C2)CC1C3. The molecule has 4 aliphatic rings. The van der Waals surface area contributed by atoms with E-state index in [1.165, 1.54) is 25.7 Å². The highest BCUT2D eigenvalue weighted by atomic mass is 16.5. The predicted molar refractivity (Wildman–Crippen MR) is 57.0 cm³/mol. The fourth-order valence-electron chi connectivity index (χ4n) is 4.89. The van der Waals surface area contributed by atoms with Crippen LogP contribution >= 0.6 is 0 Å². The van der Waals surface area contributed by atoms with Crippen LogP contribution in [0.5, 0.6) is 0 Å². The van der Waals surface area contributed by atoms with Crippen LogP contribution in [0.15, 0.2) is 0 Å². The Hall–Kier alpha value is -0.0400. The maximum absolute atomic E-state index is 5.58. The van der Waals surface area contributed by atoms with E-state index < -0.39 is 0 Å². The number of ether oxygens (including phenoxy) is 1. The molecule has 0 spiro atoms. The highest BCUT2D eigenvalue weighted by Gasteiger charge is 2.49. The van der Waals surface area contributed by atoms with Gasteiger partial charge in [0.05, 0.1) is 6.10 Å². The van der Waals surface area contributed by atoms with Crippen molar-refractivity contribution in [2.24, 2.45) is 29.6 Å². The molecule has 0 N–H and O–H groups in total. The maximum atomic E-state index is 5.58. The van der Waals surface area contributed by atoms with E-state index in [-0.39, 0.29) is 0 Å². The van der Waals surface area contributed by atoms with E-state index in [4.69, 9.17) is 4.74 Å². The van der Waals surface area contributed by atoms with Gasteiger partial charge in [-0.15, -0.1) is 0 Å². The molecule has 80 valence electrons. The molecule has 1 atom stereocenters. The molecule has 0 amide bonds. The molecular formula is C13H22O. The first-order chi connectivity index (χ1) is 6.78. The maximum Gasteiger partial charge on any atom is 0.0576 e. The van der Waals surface area contributed by atoms with E-state index in [2.05, 4.69) is 6.92 Å². The van der Waals surface area contributed by atoms with Crippen LogP contribution in [0.25, 0.3) is 0 Å². The molecule has 0 aromatic rings. The van der Waals surface area contributed by atoms with Crippen molar-refractivity contribution in [2.75, 3.05) is 7.11 Å². The Morgan fingerprint density at radius 3 is 1.86 bits per heavy atom. The Bertz CT molecular complexity index is 195. The lowest BCUT2D eigenvalue weighted by Gasteiger charge is -2.55. The summed E-state index contributed by atoms with van der Waals surface area (Å²) in [5.74, 6) is 5.12. The van der Waals surface area contributed by atoms with Gasteiger partial charge in [-0.2, -0.15) is 0 Å². The van der Waals surface area contributed by atoms with Crippen LogP contribution in [0.4, 0.5) is 0 Å². The zero-order valence-electron chi connectivity index (χ0n) is 9.41. The van der Waals surface area contributed by atoms with E-state index in [0.29, 0.717) is 6.10 Å². The van der Waals surface area contributed by atoms with Crippen molar-refractivity contribution in [3.63, 3.8) is 0 Å². The highest BCUT2D eigenvalue weighted by molar-refractivity contribution is 4.99. The standard InChI is InChI=1S/C13H22O/c1-8(14-2)13-11-4-9-3-10(6-11)7-12(13)5-9/h8-13H,3-7H2,1-2H3. The third-order valence-corrected chi connectivity index (χ3v) is 5.21. The molecule has 4 fully saturated rings. The second-order valence-corrected chi connectivity index (χ2v) is 5.95. The van der Waals surface area contributed by atoms with Gasteiger partial charge in [0.25, 0.3) is 0 Å². The van der Waals surface area contributed by atoms with E-state index >= 15 is 0 Å². The van der Waals surface area contributed by atoms with Gasteiger partial charge in [0.1, 0.15) is 0 Å². The smallest absolute Gasteiger partial charge is 0.0576 e. The van der Waals surface area contributed by atoms with Gasteiger partial charge in [0, 0.05) is 7.11 Å². The zero-order valence-corrected chi connectivity index (χ0v) is 9.41. The fraction of sp³-hybridized carbons (Fsp3) is 1.00. The van der Waals surface area contributed by atoms with Gasteiger partial charge in [0.15, 0.2) is 0 Å². The van der Waals surface area contributed by atoms with Crippen LogP contribution in [0.1, 0.15) is 39.0 Å². The molecule has 0 radical (unpaired) electrons. The summed E-state index contributed by atoms with van der Waals surface area (Å²) in [6, 6.07) is 0. The van der Waals surface area contributed by atoms with Gasteiger partial charge < -0.3 is 4.74 Å². The molecule has 1 unspecified atom stereocenters. The summed E-state index contributed by atoms with van der Waals surface area (Å²) in [5, 5.41) is 0. The number of methoxy groups -OCH3 is 1. The highest BCUT2D eigenvalue weighted by Crippen LogP contribution is 2.57. The van der Waals surface area contributed by atoms with E-state index in [1.54, 1.807) is 6.42 Å². The minimum atomic E-state index is 0.505. The van der Waals surface area contributed by atoms with Crippen molar-refractivity contribution in [2.45, 2.75) is 45.1 Å². The fourth-order valence-corrected chi connectivity index (χ4v) is 4.89. The molecule has 1 nitrogen and oxygen atoms in total. The number of rotatable bonds is 2.